The van der Waals surface area contributed by atoms with Gasteiger partial charge in [0.25, 0.3) is 11.8 Å². The maximum absolute atomic E-state index is 12.3. The van der Waals surface area contributed by atoms with Crippen molar-refractivity contribution in [1.82, 2.24) is 10.6 Å². The average Bonchev–Trinajstić information content (AvgIpc) is 2.99. The van der Waals surface area contributed by atoms with Crippen LogP contribution in [0.3, 0.4) is 0 Å². The number of Topliss-reactive ketones (excluding diaryl/α,β-unsaturated/α-hetero) is 1. The zero-order valence-electron chi connectivity index (χ0n) is 16.3. The van der Waals surface area contributed by atoms with Crippen LogP contribution in [0.2, 0.25) is 0 Å². The van der Waals surface area contributed by atoms with Gasteiger partial charge in [0.1, 0.15) is 5.54 Å². The van der Waals surface area contributed by atoms with Crippen molar-refractivity contribution in [3.8, 4) is 0 Å². The summed E-state index contributed by atoms with van der Waals surface area (Å²) in [5, 5.41) is 7.21. The molecule has 0 aromatic heterocycles. The summed E-state index contributed by atoms with van der Waals surface area (Å²) in [6.07, 6.45) is 0. The van der Waals surface area contributed by atoms with Crippen molar-refractivity contribution in [3.05, 3.63) is 65.2 Å². The molecule has 1 aliphatic heterocycles. The number of esters is 1. The fourth-order valence-corrected chi connectivity index (χ4v) is 2.93. The number of anilines is 1. The molecule has 1 heterocycles. The highest BCUT2D eigenvalue weighted by atomic mass is 16.5. The number of carbonyl (C=O) groups excluding carboxylic acids is 5. The zero-order chi connectivity index (χ0) is 21.9. The van der Waals surface area contributed by atoms with Crippen molar-refractivity contribution in [3.63, 3.8) is 0 Å². The molecule has 2 aromatic carbocycles. The molecule has 4 amide bonds. The highest BCUT2D eigenvalue weighted by molar-refractivity contribution is 6.07. The lowest BCUT2D eigenvalue weighted by molar-refractivity contribution is -0.123. The summed E-state index contributed by atoms with van der Waals surface area (Å²) in [4.78, 5) is 59.3. The molecular weight excluding hydrogens is 390 g/mol. The van der Waals surface area contributed by atoms with Gasteiger partial charge in [0.15, 0.2) is 12.4 Å². The first-order chi connectivity index (χ1) is 14.2. The number of hydrogen-bond donors (Lipinski definition) is 3. The van der Waals surface area contributed by atoms with Crippen LogP contribution in [-0.4, -0.2) is 36.2 Å². The summed E-state index contributed by atoms with van der Waals surface area (Å²) in [5.41, 5.74) is 0.0478. The molecule has 1 atom stereocenters. The fraction of sp³-hybridized carbons (Fsp3) is 0.190. The van der Waals surface area contributed by atoms with Gasteiger partial charge in [-0.05, 0) is 43.7 Å². The Hall–Kier alpha value is -4.01. The Bertz CT molecular complexity index is 1060. The van der Waals surface area contributed by atoms with Crippen LogP contribution in [0.1, 0.15) is 40.1 Å². The maximum atomic E-state index is 12.3. The van der Waals surface area contributed by atoms with Gasteiger partial charge in [0.2, 0.25) is 0 Å². The van der Waals surface area contributed by atoms with Gasteiger partial charge < -0.3 is 15.4 Å². The molecule has 9 heteroatoms. The van der Waals surface area contributed by atoms with Gasteiger partial charge in [-0.15, -0.1) is 0 Å². The lowest BCUT2D eigenvalue weighted by atomic mass is 9.91. The number of carbonyl (C=O) groups is 5. The van der Waals surface area contributed by atoms with E-state index in [4.69, 9.17) is 4.74 Å². The third-order valence-corrected chi connectivity index (χ3v) is 4.61. The van der Waals surface area contributed by atoms with Gasteiger partial charge in [0.05, 0.1) is 5.56 Å². The SMILES string of the molecule is CC(=O)c1cccc(NC(=O)COC(=O)c2cccc([C@@]3(C)NC(=O)NC3=O)c2)c1. The largest absolute Gasteiger partial charge is 0.452 e. The third kappa shape index (κ3) is 4.35. The molecule has 1 fully saturated rings. The van der Waals surface area contributed by atoms with E-state index in [9.17, 15) is 24.0 Å². The number of nitrogens with one attached hydrogen (secondary N) is 3. The average molecular weight is 409 g/mol. The first kappa shape index (κ1) is 20.7. The van der Waals surface area contributed by atoms with Gasteiger partial charge in [0, 0.05) is 11.3 Å². The van der Waals surface area contributed by atoms with Crippen molar-refractivity contribution in [2.24, 2.45) is 0 Å². The van der Waals surface area contributed by atoms with E-state index in [0.717, 1.165) is 0 Å². The van der Waals surface area contributed by atoms with Crippen molar-refractivity contribution >= 4 is 35.3 Å². The molecule has 2 aromatic rings. The fourth-order valence-electron chi connectivity index (χ4n) is 2.93. The molecule has 9 nitrogen and oxygen atoms in total. The molecule has 1 aliphatic rings. The van der Waals surface area contributed by atoms with Crippen LogP contribution in [0.5, 0.6) is 0 Å². The molecule has 154 valence electrons. The number of urea groups is 1. The second kappa shape index (κ2) is 8.16. The molecule has 0 unspecified atom stereocenters. The summed E-state index contributed by atoms with van der Waals surface area (Å²) in [6, 6.07) is 11.8. The molecule has 0 spiro atoms. The highest BCUT2D eigenvalue weighted by Gasteiger charge is 2.43. The molecule has 0 aliphatic carbocycles. The summed E-state index contributed by atoms with van der Waals surface area (Å²) in [7, 11) is 0. The van der Waals surface area contributed by atoms with Gasteiger partial charge >= 0.3 is 12.0 Å². The highest BCUT2D eigenvalue weighted by Crippen LogP contribution is 2.25. The normalized spacial score (nSPS) is 17.7. The van der Waals surface area contributed by atoms with E-state index in [-0.39, 0.29) is 11.3 Å². The van der Waals surface area contributed by atoms with E-state index >= 15 is 0 Å². The number of hydrogen-bond acceptors (Lipinski definition) is 6. The van der Waals surface area contributed by atoms with Gasteiger partial charge in [-0.2, -0.15) is 0 Å². The van der Waals surface area contributed by atoms with Gasteiger partial charge in [-0.3, -0.25) is 19.7 Å². The lowest BCUT2D eigenvalue weighted by Gasteiger charge is -2.21. The second-order valence-electron chi connectivity index (χ2n) is 6.88. The Labute approximate surface area is 171 Å². The van der Waals surface area contributed by atoms with Crippen LogP contribution in [0.25, 0.3) is 0 Å². The van der Waals surface area contributed by atoms with E-state index < -0.39 is 36.0 Å². The minimum atomic E-state index is -1.31. The Balaban J connectivity index is 1.63. The van der Waals surface area contributed by atoms with Gasteiger partial charge in [-0.1, -0.05) is 24.3 Å². The summed E-state index contributed by atoms with van der Waals surface area (Å²) in [5.74, 6) is -2.02. The van der Waals surface area contributed by atoms with E-state index in [1.54, 1.807) is 30.3 Å². The predicted octanol–water partition coefficient (Wildman–Crippen LogP) is 1.74. The first-order valence-electron chi connectivity index (χ1n) is 9.01. The number of amides is 4. The summed E-state index contributed by atoms with van der Waals surface area (Å²) in [6.45, 7) is 2.39. The van der Waals surface area contributed by atoms with E-state index in [2.05, 4.69) is 16.0 Å². The van der Waals surface area contributed by atoms with Crippen molar-refractivity contribution in [2.75, 3.05) is 11.9 Å². The second-order valence-corrected chi connectivity index (χ2v) is 6.88. The molecule has 3 rings (SSSR count). The van der Waals surface area contributed by atoms with Crippen LogP contribution < -0.4 is 16.0 Å². The molecular formula is C21H19N3O6. The lowest BCUT2D eigenvalue weighted by Crippen LogP contribution is -2.40. The van der Waals surface area contributed by atoms with Gasteiger partial charge in [-0.25, -0.2) is 9.59 Å². The molecule has 30 heavy (non-hydrogen) atoms. The van der Waals surface area contributed by atoms with E-state index in [1.165, 1.54) is 32.0 Å². The molecule has 0 bridgehead atoms. The number of imide groups is 1. The number of benzene rings is 2. The predicted molar refractivity (Wildman–Crippen MR) is 106 cm³/mol. The van der Waals surface area contributed by atoms with Crippen LogP contribution in [0.15, 0.2) is 48.5 Å². The Kier molecular flexibility index (Phi) is 5.63. The monoisotopic (exact) mass is 409 g/mol. The van der Waals surface area contributed by atoms with Crippen molar-refractivity contribution in [2.45, 2.75) is 19.4 Å². The Morgan fingerprint density at radius 3 is 2.40 bits per heavy atom. The van der Waals surface area contributed by atoms with Crippen LogP contribution in [0.4, 0.5) is 10.5 Å². The van der Waals surface area contributed by atoms with Crippen LogP contribution in [0, 0.1) is 0 Å². The van der Waals surface area contributed by atoms with E-state index in [1.807, 2.05) is 0 Å². The smallest absolute Gasteiger partial charge is 0.338 e. The topological polar surface area (TPSA) is 131 Å². The van der Waals surface area contributed by atoms with Crippen molar-refractivity contribution in [1.29, 1.82) is 0 Å². The number of ketones is 1. The van der Waals surface area contributed by atoms with Crippen LogP contribution in [-0.2, 0) is 19.9 Å². The number of rotatable bonds is 6. The Morgan fingerprint density at radius 1 is 1.03 bits per heavy atom. The minimum absolute atomic E-state index is 0.119. The maximum Gasteiger partial charge on any atom is 0.338 e. The summed E-state index contributed by atoms with van der Waals surface area (Å²) >= 11 is 0. The first-order valence-corrected chi connectivity index (χ1v) is 9.01. The summed E-state index contributed by atoms with van der Waals surface area (Å²) < 4.78 is 5.03. The van der Waals surface area contributed by atoms with Crippen molar-refractivity contribution < 1.29 is 28.7 Å². The molecule has 3 N–H and O–H groups in total. The molecule has 0 radical (unpaired) electrons. The Morgan fingerprint density at radius 2 is 1.73 bits per heavy atom. The minimum Gasteiger partial charge on any atom is -0.452 e. The third-order valence-electron chi connectivity index (χ3n) is 4.61. The van der Waals surface area contributed by atoms with Crippen LogP contribution >= 0.6 is 0 Å². The zero-order valence-corrected chi connectivity index (χ0v) is 16.3. The van der Waals surface area contributed by atoms with E-state index in [0.29, 0.717) is 16.8 Å². The molecule has 1 saturated heterocycles. The number of ether oxygens (including phenoxy) is 1. The standard InChI is InChI=1S/C21H19N3O6/c1-12(25)13-5-4-8-16(10-13)22-17(26)11-30-18(27)14-6-3-7-15(9-14)21(2)19(28)23-20(29)24-21/h3-10H,11H2,1-2H3,(H,22,26)(H2,23,24,28,29)/t21-/m1/s1. The molecule has 0 saturated carbocycles. The quantitative estimate of drug-likeness (QED) is 0.378.